The van der Waals surface area contributed by atoms with E-state index in [1.165, 1.54) is 0 Å². The van der Waals surface area contributed by atoms with Crippen molar-refractivity contribution in [2.24, 2.45) is 0 Å². The van der Waals surface area contributed by atoms with E-state index in [1.807, 2.05) is 0 Å². The molecule has 1 heterocycles. The normalized spacial score (nSPS) is 12.2. The summed E-state index contributed by atoms with van der Waals surface area (Å²) in [7, 11) is 0. The SMILES string of the molecule is Fc1cc2c(c(F)c1F)Nc1ccccc1O2. The summed E-state index contributed by atoms with van der Waals surface area (Å²) in [6.07, 6.45) is 0. The molecule has 0 fully saturated rings. The van der Waals surface area contributed by atoms with Gasteiger partial charge in [0, 0.05) is 6.07 Å². The molecule has 0 saturated heterocycles. The van der Waals surface area contributed by atoms with E-state index in [4.69, 9.17) is 4.74 Å². The van der Waals surface area contributed by atoms with Crippen LogP contribution in [0.4, 0.5) is 24.5 Å². The molecule has 0 saturated carbocycles. The number of benzene rings is 2. The van der Waals surface area contributed by atoms with Crippen LogP contribution in [0.3, 0.4) is 0 Å². The van der Waals surface area contributed by atoms with E-state index in [1.54, 1.807) is 24.3 Å². The van der Waals surface area contributed by atoms with Crippen molar-refractivity contribution in [3.63, 3.8) is 0 Å². The van der Waals surface area contributed by atoms with Gasteiger partial charge in [-0.15, -0.1) is 0 Å². The zero-order valence-corrected chi connectivity index (χ0v) is 8.43. The molecule has 86 valence electrons. The highest BCUT2D eigenvalue weighted by atomic mass is 19.2. The van der Waals surface area contributed by atoms with E-state index in [0.717, 1.165) is 6.07 Å². The fourth-order valence-electron chi connectivity index (χ4n) is 1.68. The summed E-state index contributed by atoms with van der Waals surface area (Å²) in [4.78, 5) is 0. The van der Waals surface area contributed by atoms with Gasteiger partial charge in [-0.25, -0.2) is 13.2 Å². The van der Waals surface area contributed by atoms with Crippen molar-refractivity contribution >= 4 is 11.4 Å². The second-order valence-corrected chi connectivity index (χ2v) is 3.58. The summed E-state index contributed by atoms with van der Waals surface area (Å²) in [6.45, 7) is 0. The van der Waals surface area contributed by atoms with Crippen molar-refractivity contribution in [3.05, 3.63) is 47.8 Å². The predicted molar refractivity (Wildman–Crippen MR) is 56.1 cm³/mol. The molecule has 1 aliphatic heterocycles. The maximum atomic E-state index is 13.5. The Morgan fingerprint density at radius 1 is 0.941 bits per heavy atom. The minimum Gasteiger partial charge on any atom is -0.453 e. The standard InChI is InChI=1S/C12H6F3NO/c13-6-5-9-12(11(15)10(6)14)16-7-3-1-2-4-8(7)17-9/h1-5,16H. The van der Waals surface area contributed by atoms with Crippen LogP contribution in [0.15, 0.2) is 30.3 Å². The highest BCUT2D eigenvalue weighted by Crippen LogP contribution is 2.43. The zero-order chi connectivity index (χ0) is 12.0. The monoisotopic (exact) mass is 237 g/mol. The summed E-state index contributed by atoms with van der Waals surface area (Å²) < 4.78 is 44.8. The van der Waals surface area contributed by atoms with Crippen molar-refractivity contribution in [1.29, 1.82) is 0 Å². The molecule has 17 heavy (non-hydrogen) atoms. The Labute approximate surface area is 94.6 Å². The minimum atomic E-state index is -1.51. The molecular formula is C12H6F3NO. The lowest BCUT2D eigenvalue weighted by molar-refractivity contribution is 0.424. The van der Waals surface area contributed by atoms with Crippen LogP contribution < -0.4 is 10.1 Å². The molecule has 5 heteroatoms. The van der Waals surface area contributed by atoms with E-state index in [9.17, 15) is 13.2 Å². The van der Waals surface area contributed by atoms with Crippen LogP contribution in [-0.2, 0) is 0 Å². The molecule has 2 aromatic carbocycles. The largest absolute Gasteiger partial charge is 0.453 e. The molecule has 0 aliphatic carbocycles. The van der Waals surface area contributed by atoms with E-state index in [2.05, 4.69) is 5.32 Å². The smallest absolute Gasteiger partial charge is 0.196 e. The fourth-order valence-corrected chi connectivity index (χ4v) is 1.68. The van der Waals surface area contributed by atoms with Gasteiger partial charge in [-0.05, 0) is 12.1 Å². The average molecular weight is 237 g/mol. The molecule has 2 nitrogen and oxygen atoms in total. The van der Waals surface area contributed by atoms with Gasteiger partial charge in [-0.3, -0.25) is 0 Å². The molecule has 2 aromatic rings. The lowest BCUT2D eigenvalue weighted by Gasteiger charge is -2.22. The van der Waals surface area contributed by atoms with Gasteiger partial charge in [0.25, 0.3) is 0 Å². The van der Waals surface area contributed by atoms with Gasteiger partial charge in [0.2, 0.25) is 0 Å². The van der Waals surface area contributed by atoms with Crippen molar-refractivity contribution in [3.8, 4) is 11.5 Å². The van der Waals surface area contributed by atoms with Gasteiger partial charge in [-0.2, -0.15) is 0 Å². The Morgan fingerprint density at radius 2 is 1.71 bits per heavy atom. The molecular weight excluding hydrogens is 231 g/mol. The second-order valence-electron chi connectivity index (χ2n) is 3.58. The minimum absolute atomic E-state index is 0.0694. The van der Waals surface area contributed by atoms with E-state index >= 15 is 0 Å². The lowest BCUT2D eigenvalue weighted by Crippen LogP contribution is -2.07. The Kier molecular flexibility index (Phi) is 2.01. The third kappa shape index (κ3) is 1.43. The number of rotatable bonds is 0. The van der Waals surface area contributed by atoms with Crippen molar-refractivity contribution in [1.82, 2.24) is 0 Å². The Bertz CT molecular complexity index is 613. The summed E-state index contributed by atoms with van der Waals surface area (Å²) >= 11 is 0. The number of nitrogens with one attached hydrogen (secondary N) is 1. The topological polar surface area (TPSA) is 21.3 Å². The molecule has 0 radical (unpaired) electrons. The molecule has 0 bridgehead atoms. The lowest BCUT2D eigenvalue weighted by atomic mass is 10.2. The van der Waals surface area contributed by atoms with Crippen molar-refractivity contribution < 1.29 is 17.9 Å². The van der Waals surface area contributed by atoms with E-state index < -0.39 is 17.5 Å². The molecule has 0 aromatic heterocycles. The van der Waals surface area contributed by atoms with Crippen LogP contribution in [-0.4, -0.2) is 0 Å². The van der Waals surface area contributed by atoms with Gasteiger partial charge in [0.1, 0.15) is 5.69 Å². The van der Waals surface area contributed by atoms with Gasteiger partial charge >= 0.3 is 0 Å². The first-order valence-electron chi connectivity index (χ1n) is 4.88. The number of anilines is 2. The van der Waals surface area contributed by atoms with E-state index in [0.29, 0.717) is 11.4 Å². The summed E-state index contributed by atoms with van der Waals surface area (Å²) in [5.74, 6) is -3.71. The average Bonchev–Trinajstić information content (AvgIpc) is 2.34. The van der Waals surface area contributed by atoms with Crippen LogP contribution in [0, 0.1) is 17.5 Å². The van der Waals surface area contributed by atoms with Gasteiger partial charge in [0.15, 0.2) is 29.0 Å². The van der Waals surface area contributed by atoms with Crippen LogP contribution >= 0.6 is 0 Å². The molecule has 3 rings (SSSR count). The summed E-state index contributed by atoms with van der Waals surface area (Å²) in [5.41, 5.74) is 0.313. The molecule has 0 amide bonds. The number of fused-ring (bicyclic) bond motifs is 2. The Morgan fingerprint density at radius 3 is 2.53 bits per heavy atom. The van der Waals surface area contributed by atoms with Crippen LogP contribution in [0.2, 0.25) is 0 Å². The molecule has 1 N–H and O–H groups in total. The quantitative estimate of drug-likeness (QED) is 0.597. The predicted octanol–water partition coefficient (Wildman–Crippen LogP) is 3.95. The number of hydrogen-bond acceptors (Lipinski definition) is 2. The van der Waals surface area contributed by atoms with Gasteiger partial charge in [-0.1, -0.05) is 12.1 Å². The molecule has 0 spiro atoms. The zero-order valence-electron chi connectivity index (χ0n) is 8.43. The first-order valence-corrected chi connectivity index (χ1v) is 4.88. The highest BCUT2D eigenvalue weighted by molar-refractivity contribution is 5.75. The number of halogens is 3. The number of para-hydroxylation sites is 2. The molecule has 1 aliphatic rings. The van der Waals surface area contributed by atoms with E-state index in [-0.39, 0.29) is 11.4 Å². The number of ether oxygens (including phenoxy) is 1. The van der Waals surface area contributed by atoms with Crippen molar-refractivity contribution in [2.45, 2.75) is 0 Å². The van der Waals surface area contributed by atoms with Crippen molar-refractivity contribution in [2.75, 3.05) is 5.32 Å². The maximum Gasteiger partial charge on any atom is 0.196 e. The highest BCUT2D eigenvalue weighted by Gasteiger charge is 2.24. The third-order valence-corrected chi connectivity index (χ3v) is 2.49. The van der Waals surface area contributed by atoms with Gasteiger partial charge < -0.3 is 10.1 Å². The fraction of sp³-hybridized carbons (Fsp3) is 0. The van der Waals surface area contributed by atoms with Crippen LogP contribution in [0.1, 0.15) is 0 Å². The van der Waals surface area contributed by atoms with Gasteiger partial charge in [0.05, 0.1) is 5.69 Å². The molecule has 0 unspecified atom stereocenters. The summed E-state index contributed by atoms with van der Waals surface area (Å²) in [5, 5.41) is 2.67. The molecule has 0 atom stereocenters. The third-order valence-electron chi connectivity index (χ3n) is 2.49. The first kappa shape index (κ1) is 10.0. The Balaban J connectivity index is 2.18. The Hall–Kier alpha value is -2.17. The maximum absolute atomic E-state index is 13.5. The second kappa shape index (κ2) is 3.41. The number of hydrogen-bond donors (Lipinski definition) is 1. The van der Waals surface area contributed by atoms with Crippen LogP contribution in [0.25, 0.3) is 0 Å². The first-order chi connectivity index (χ1) is 8.16. The summed E-state index contributed by atoms with van der Waals surface area (Å²) in [6, 6.07) is 7.56. The van der Waals surface area contributed by atoms with Crippen LogP contribution in [0.5, 0.6) is 11.5 Å².